The number of Topliss-reactive ketones (excluding diaryl/α,β-unsaturated/α-hetero) is 1. The van der Waals surface area contributed by atoms with Crippen molar-refractivity contribution in [1.82, 2.24) is 15.2 Å². The average Bonchev–Trinajstić information content (AvgIpc) is 3.35. The first-order valence-corrected chi connectivity index (χ1v) is 9.33. The van der Waals surface area contributed by atoms with Crippen molar-refractivity contribution >= 4 is 39.1 Å². The maximum absolute atomic E-state index is 12.5. The van der Waals surface area contributed by atoms with E-state index in [1.807, 2.05) is 42.5 Å². The number of hydrogen-bond donors (Lipinski definition) is 2. The van der Waals surface area contributed by atoms with E-state index in [2.05, 4.69) is 20.5 Å². The Morgan fingerprint density at radius 3 is 2.68 bits per heavy atom. The van der Waals surface area contributed by atoms with Crippen LogP contribution in [0.15, 0.2) is 54.7 Å². The smallest absolute Gasteiger partial charge is 0.298 e. The topological polar surface area (TPSA) is 97.0 Å². The fraction of sp³-hybridized carbons (Fsp3) is 0.100. The molecule has 0 atom stereocenters. The second-order valence-electron chi connectivity index (χ2n) is 6.06. The zero-order chi connectivity index (χ0) is 19.5. The lowest BCUT2D eigenvalue weighted by Gasteiger charge is -2.01. The van der Waals surface area contributed by atoms with Crippen LogP contribution in [0.3, 0.4) is 0 Å². The molecule has 2 aromatic carbocycles. The molecule has 28 heavy (non-hydrogen) atoms. The minimum atomic E-state index is -0.739. The van der Waals surface area contributed by atoms with E-state index in [1.54, 1.807) is 19.4 Å². The van der Waals surface area contributed by atoms with Crippen molar-refractivity contribution in [2.45, 2.75) is 6.42 Å². The molecule has 0 aliphatic rings. The van der Waals surface area contributed by atoms with E-state index in [9.17, 15) is 9.59 Å². The molecule has 0 radical (unpaired) electrons. The highest BCUT2D eigenvalue weighted by Gasteiger charge is 2.21. The number of fused-ring (bicyclic) bond motifs is 1. The van der Waals surface area contributed by atoms with Gasteiger partial charge in [0.15, 0.2) is 0 Å². The first-order valence-electron chi connectivity index (χ1n) is 8.51. The monoisotopic (exact) mass is 392 g/mol. The predicted molar refractivity (Wildman–Crippen MR) is 107 cm³/mol. The first-order chi connectivity index (χ1) is 13.6. The number of H-pyrrole nitrogens is 1. The Kier molecular flexibility index (Phi) is 4.86. The Morgan fingerprint density at radius 2 is 1.89 bits per heavy atom. The normalized spacial score (nSPS) is 10.8. The van der Waals surface area contributed by atoms with E-state index >= 15 is 0 Å². The summed E-state index contributed by atoms with van der Waals surface area (Å²) in [5, 5.41) is 12.3. The summed E-state index contributed by atoms with van der Waals surface area (Å²) in [6.07, 6.45) is 2.12. The molecule has 8 heteroatoms. The minimum absolute atomic E-state index is 0.293. The van der Waals surface area contributed by atoms with Gasteiger partial charge in [-0.2, -0.15) is 0 Å². The number of amides is 1. The molecule has 4 aromatic rings. The van der Waals surface area contributed by atoms with Gasteiger partial charge in [-0.1, -0.05) is 41.7 Å². The Morgan fingerprint density at radius 1 is 1.11 bits per heavy atom. The number of ether oxygens (including phenoxy) is 1. The van der Waals surface area contributed by atoms with Gasteiger partial charge in [0.05, 0.1) is 12.7 Å². The number of carbonyl (C=O) groups is 2. The molecular formula is C20H16N4O3S. The van der Waals surface area contributed by atoms with Gasteiger partial charge in [0, 0.05) is 23.5 Å². The molecule has 0 spiro atoms. The Bertz CT molecular complexity index is 1150. The van der Waals surface area contributed by atoms with Crippen molar-refractivity contribution in [1.29, 1.82) is 0 Å². The molecule has 140 valence electrons. The molecule has 4 rings (SSSR count). The third kappa shape index (κ3) is 3.63. The fourth-order valence-corrected chi connectivity index (χ4v) is 3.60. The number of anilines is 1. The van der Waals surface area contributed by atoms with Gasteiger partial charge in [0.2, 0.25) is 5.13 Å². The van der Waals surface area contributed by atoms with Crippen LogP contribution >= 0.6 is 11.3 Å². The van der Waals surface area contributed by atoms with E-state index in [0.717, 1.165) is 21.8 Å². The summed E-state index contributed by atoms with van der Waals surface area (Å²) in [5.41, 5.74) is 2.18. The van der Waals surface area contributed by atoms with E-state index in [4.69, 9.17) is 4.74 Å². The van der Waals surface area contributed by atoms with Gasteiger partial charge < -0.3 is 9.72 Å². The zero-order valence-corrected chi connectivity index (χ0v) is 15.7. The number of nitrogens with one attached hydrogen (secondary N) is 2. The third-order valence-corrected chi connectivity index (χ3v) is 5.08. The molecule has 0 fully saturated rings. The molecule has 7 nitrogen and oxygen atoms in total. The summed E-state index contributed by atoms with van der Waals surface area (Å²) < 4.78 is 5.14. The van der Waals surface area contributed by atoms with Crippen molar-refractivity contribution < 1.29 is 14.3 Å². The van der Waals surface area contributed by atoms with Crippen LogP contribution in [-0.2, 0) is 11.2 Å². The highest BCUT2D eigenvalue weighted by Crippen LogP contribution is 2.22. The largest absolute Gasteiger partial charge is 0.497 e. The second-order valence-corrected chi connectivity index (χ2v) is 7.12. The standard InChI is InChI=1S/C20H16N4O3S/c1-27-13-8-6-12(7-9-13)10-17-23-24-20(28-17)22-19(26)18(25)15-11-21-16-5-3-2-4-14(15)16/h2-9,11,21H,10H2,1H3,(H,22,24,26). The summed E-state index contributed by atoms with van der Waals surface area (Å²) >= 11 is 1.24. The number of methoxy groups -OCH3 is 1. The lowest BCUT2D eigenvalue weighted by atomic mass is 10.1. The zero-order valence-electron chi connectivity index (χ0n) is 14.9. The van der Waals surface area contributed by atoms with Gasteiger partial charge in [-0.05, 0) is 23.8 Å². The molecule has 2 heterocycles. The number of para-hydroxylation sites is 1. The lowest BCUT2D eigenvalue weighted by Crippen LogP contribution is -2.22. The van der Waals surface area contributed by atoms with Crippen molar-refractivity contribution in [3.63, 3.8) is 0 Å². The van der Waals surface area contributed by atoms with Crippen molar-refractivity contribution in [3.8, 4) is 5.75 Å². The number of carbonyl (C=O) groups excluding carboxylic acids is 2. The highest BCUT2D eigenvalue weighted by molar-refractivity contribution is 7.15. The van der Waals surface area contributed by atoms with Crippen LogP contribution in [0.25, 0.3) is 10.9 Å². The second kappa shape index (κ2) is 7.61. The predicted octanol–water partition coefficient (Wildman–Crippen LogP) is 3.44. The van der Waals surface area contributed by atoms with Crippen molar-refractivity contribution in [3.05, 3.63) is 70.9 Å². The number of hydrogen-bond acceptors (Lipinski definition) is 6. The Balaban J connectivity index is 1.44. The van der Waals surface area contributed by atoms with E-state index < -0.39 is 11.7 Å². The summed E-state index contributed by atoms with van der Waals surface area (Å²) in [6.45, 7) is 0. The maximum atomic E-state index is 12.5. The van der Waals surface area contributed by atoms with Crippen LogP contribution < -0.4 is 10.1 Å². The Labute approximate surface area is 164 Å². The third-order valence-electron chi connectivity index (χ3n) is 4.24. The molecule has 2 aromatic heterocycles. The highest BCUT2D eigenvalue weighted by atomic mass is 32.1. The van der Waals surface area contributed by atoms with Crippen LogP contribution in [0.4, 0.5) is 5.13 Å². The molecule has 0 bridgehead atoms. The van der Waals surface area contributed by atoms with Gasteiger partial charge in [-0.3, -0.25) is 14.9 Å². The van der Waals surface area contributed by atoms with Crippen LogP contribution in [0.5, 0.6) is 5.75 Å². The fourth-order valence-electron chi connectivity index (χ4n) is 2.83. The number of benzene rings is 2. The minimum Gasteiger partial charge on any atom is -0.497 e. The van der Waals surface area contributed by atoms with Crippen LogP contribution in [0.1, 0.15) is 20.9 Å². The van der Waals surface area contributed by atoms with Crippen molar-refractivity contribution in [2.75, 3.05) is 12.4 Å². The van der Waals surface area contributed by atoms with Crippen LogP contribution in [0.2, 0.25) is 0 Å². The molecule has 0 aliphatic heterocycles. The Hall–Kier alpha value is -3.52. The molecule has 1 amide bonds. The number of rotatable bonds is 6. The van der Waals surface area contributed by atoms with Crippen LogP contribution in [0, 0.1) is 0 Å². The van der Waals surface area contributed by atoms with E-state index in [-0.39, 0.29) is 0 Å². The van der Waals surface area contributed by atoms with E-state index in [0.29, 0.717) is 22.5 Å². The van der Waals surface area contributed by atoms with Gasteiger partial charge in [0.25, 0.3) is 11.7 Å². The number of aromatic amines is 1. The summed E-state index contributed by atoms with van der Waals surface area (Å²) in [4.78, 5) is 27.8. The summed E-state index contributed by atoms with van der Waals surface area (Å²) in [6, 6.07) is 15.0. The molecule has 0 unspecified atom stereocenters. The molecule has 0 saturated carbocycles. The maximum Gasteiger partial charge on any atom is 0.298 e. The SMILES string of the molecule is COc1ccc(Cc2nnc(NC(=O)C(=O)c3c[nH]c4ccccc34)s2)cc1. The lowest BCUT2D eigenvalue weighted by molar-refractivity contribution is -0.112. The summed E-state index contributed by atoms with van der Waals surface area (Å²) in [5.74, 6) is -0.578. The quantitative estimate of drug-likeness (QED) is 0.387. The van der Waals surface area contributed by atoms with Crippen molar-refractivity contribution in [2.24, 2.45) is 0 Å². The molecular weight excluding hydrogens is 376 g/mol. The average molecular weight is 392 g/mol. The molecule has 0 aliphatic carbocycles. The molecule has 2 N–H and O–H groups in total. The van der Waals surface area contributed by atoms with Gasteiger partial charge in [0.1, 0.15) is 10.8 Å². The molecule has 0 saturated heterocycles. The first kappa shape index (κ1) is 17.9. The van der Waals surface area contributed by atoms with E-state index in [1.165, 1.54) is 11.3 Å². The number of nitrogens with zero attached hydrogens (tertiary/aromatic N) is 2. The summed E-state index contributed by atoms with van der Waals surface area (Å²) in [7, 11) is 1.62. The van der Waals surface area contributed by atoms with Gasteiger partial charge >= 0.3 is 0 Å². The van der Waals surface area contributed by atoms with Gasteiger partial charge in [-0.25, -0.2) is 0 Å². The number of ketones is 1. The van der Waals surface area contributed by atoms with Gasteiger partial charge in [-0.15, -0.1) is 10.2 Å². The van der Waals surface area contributed by atoms with Crippen LogP contribution in [-0.4, -0.2) is 34.0 Å². The number of aromatic nitrogens is 3.